The molecule has 0 saturated heterocycles. The number of aliphatic carboxylic acids is 1. The molecule has 0 aromatic heterocycles. The van der Waals surface area contributed by atoms with Gasteiger partial charge in [-0.1, -0.05) is 48.5 Å². The molecule has 0 bridgehead atoms. The maximum absolute atomic E-state index is 12.5. The number of amides is 2. The maximum atomic E-state index is 12.5. The number of carbonyl (C=O) groups is 3. The molecular weight excluding hydrogens is 488 g/mol. The highest BCUT2D eigenvalue weighted by molar-refractivity contribution is 9.10. The first kappa shape index (κ1) is 22.5. The molecule has 0 unspecified atom stereocenters. The lowest BCUT2D eigenvalue weighted by Crippen LogP contribution is -2.38. The van der Waals surface area contributed by atoms with Crippen molar-refractivity contribution in [1.29, 1.82) is 0 Å². The van der Waals surface area contributed by atoms with E-state index in [2.05, 4.69) is 38.7 Å². The molecule has 3 aromatic rings. The molecule has 4 rings (SSSR count). The average molecular weight is 509 g/mol. The minimum atomic E-state index is -1.15. The van der Waals surface area contributed by atoms with Crippen LogP contribution in [0.3, 0.4) is 0 Å². The van der Waals surface area contributed by atoms with Gasteiger partial charge >= 0.3 is 12.1 Å². The van der Waals surface area contributed by atoms with Gasteiger partial charge in [-0.25, -0.2) is 4.79 Å². The number of hydrogen-bond donors (Lipinski definition) is 3. The second-order valence-corrected chi connectivity index (χ2v) is 8.53. The Kier molecular flexibility index (Phi) is 6.46. The van der Waals surface area contributed by atoms with Gasteiger partial charge in [0.15, 0.2) is 0 Å². The first-order chi connectivity index (χ1) is 15.8. The normalized spacial score (nSPS) is 12.9. The van der Waals surface area contributed by atoms with Gasteiger partial charge in [0.2, 0.25) is 0 Å². The molecule has 0 spiro atoms. The Morgan fingerprint density at radius 2 is 1.61 bits per heavy atom. The molecule has 0 fully saturated rings. The van der Waals surface area contributed by atoms with Crippen LogP contribution in [0.2, 0.25) is 0 Å². The zero-order valence-electron chi connectivity index (χ0n) is 17.7. The summed E-state index contributed by atoms with van der Waals surface area (Å²) in [6.45, 7) is 1.53. The maximum Gasteiger partial charge on any atom is 0.411 e. The Morgan fingerprint density at radius 3 is 2.21 bits per heavy atom. The highest BCUT2D eigenvalue weighted by Crippen LogP contribution is 2.44. The Bertz CT molecular complexity index is 1200. The van der Waals surface area contributed by atoms with E-state index in [-0.39, 0.29) is 18.1 Å². The number of fused-ring (bicyclic) bond motifs is 3. The van der Waals surface area contributed by atoms with Crippen LogP contribution in [0, 0.1) is 0 Å². The van der Waals surface area contributed by atoms with Crippen LogP contribution in [-0.2, 0) is 9.53 Å². The van der Waals surface area contributed by atoms with Crippen LogP contribution in [-0.4, -0.2) is 35.7 Å². The fourth-order valence-electron chi connectivity index (χ4n) is 3.87. The average Bonchev–Trinajstić information content (AvgIpc) is 3.12. The van der Waals surface area contributed by atoms with Crippen molar-refractivity contribution < 1.29 is 24.2 Å². The Balaban J connectivity index is 1.44. The van der Waals surface area contributed by atoms with E-state index in [4.69, 9.17) is 9.84 Å². The molecule has 1 aliphatic rings. The van der Waals surface area contributed by atoms with Crippen molar-refractivity contribution in [1.82, 2.24) is 5.32 Å². The molecular formula is C25H21BrN2O5. The highest BCUT2D eigenvalue weighted by Gasteiger charge is 2.29. The lowest BCUT2D eigenvalue weighted by Gasteiger charge is -2.15. The van der Waals surface area contributed by atoms with E-state index in [1.807, 2.05) is 36.4 Å². The topological polar surface area (TPSA) is 105 Å². The van der Waals surface area contributed by atoms with E-state index in [1.54, 1.807) is 12.1 Å². The van der Waals surface area contributed by atoms with E-state index in [0.29, 0.717) is 10.2 Å². The lowest BCUT2D eigenvalue weighted by molar-refractivity contribution is -0.138. The third kappa shape index (κ3) is 4.75. The molecule has 33 heavy (non-hydrogen) atoms. The first-order valence-electron chi connectivity index (χ1n) is 10.3. The van der Waals surface area contributed by atoms with Crippen LogP contribution < -0.4 is 10.6 Å². The van der Waals surface area contributed by atoms with Crippen molar-refractivity contribution in [2.45, 2.75) is 18.9 Å². The summed E-state index contributed by atoms with van der Waals surface area (Å²) in [7, 11) is 0. The van der Waals surface area contributed by atoms with Crippen LogP contribution >= 0.6 is 15.9 Å². The van der Waals surface area contributed by atoms with Crippen LogP contribution in [0.4, 0.5) is 10.5 Å². The van der Waals surface area contributed by atoms with Gasteiger partial charge in [-0.05, 0) is 63.3 Å². The van der Waals surface area contributed by atoms with Gasteiger partial charge in [-0.3, -0.25) is 14.9 Å². The second kappa shape index (κ2) is 9.46. The summed E-state index contributed by atoms with van der Waals surface area (Å²) in [6, 6.07) is 19.7. The number of rotatable bonds is 6. The van der Waals surface area contributed by atoms with Crippen LogP contribution in [0.25, 0.3) is 11.1 Å². The zero-order valence-corrected chi connectivity index (χ0v) is 19.3. The molecule has 0 aliphatic heterocycles. The summed E-state index contributed by atoms with van der Waals surface area (Å²) in [5.41, 5.74) is 5.05. The molecule has 7 nitrogen and oxygen atoms in total. The SMILES string of the molecule is C[C@@H](NC(=O)c1cc(NC(=O)OCC2c3ccccc3-c3ccccc32)ccc1Br)C(=O)O. The van der Waals surface area contributed by atoms with Crippen molar-refractivity contribution in [3.63, 3.8) is 0 Å². The number of ether oxygens (including phenoxy) is 1. The van der Waals surface area contributed by atoms with E-state index in [0.717, 1.165) is 22.3 Å². The van der Waals surface area contributed by atoms with Gasteiger partial charge in [0, 0.05) is 16.1 Å². The third-order valence-corrected chi connectivity index (χ3v) is 6.21. The van der Waals surface area contributed by atoms with Gasteiger partial charge in [0.25, 0.3) is 5.91 Å². The molecule has 0 heterocycles. The monoisotopic (exact) mass is 508 g/mol. The number of halogens is 1. The van der Waals surface area contributed by atoms with Gasteiger partial charge in [0.1, 0.15) is 12.6 Å². The van der Waals surface area contributed by atoms with Gasteiger partial charge in [-0.15, -0.1) is 0 Å². The molecule has 8 heteroatoms. The van der Waals surface area contributed by atoms with E-state index in [9.17, 15) is 14.4 Å². The Hall–Kier alpha value is -3.65. The fourth-order valence-corrected chi connectivity index (χ4v) is 4.29. The second-order valence-electron chi connectivity index (χ2n) is 7.68. The third-order valence-electron chi connectivity index (χ3n) is 5.52. The summed E-state index contributed by atoms with van der Waals surface area (Å²) in [5.74, 6) is -1.78. The standard InChI is InChI=1S/C25H21BrN2O5/c1-14(24(30)31)27-23(29)20-12-15(10-11-22(20)26)28-25(32)33-13-21-18-8-4-2-6-16(18)17-7-3-5-9-19(17)21/h2-12,14,21H,13H2,1H3,(H,27,29)(H,28,32)(H,30,31)/t14-/m1/s1. The summed E-state index contributed by atoms with van der Waals surface area (Å²) < 4.78 is 6.00. The number of carbonyl (C=O) groups excluding carboxylic acids is 2. The molecule has 0 saturated carbocycles. The van der Waals surface area contributed by atoms with Gasteiger partial charge < -0.3 is 15.2 Å². The number of anilines is 1. The zero-order chi connectivity index (χ0) is 23.5. The summed E-state index contributed by atoms with van der Waals surface area (Å²) in [6.07, 6.45) is -0.649. The minimum Gasteiger partial charge on any atom is -0.480 e. The van der Waals surface area contributed by atoms with Crippen LogP contribution in [0.15, 0.2) is 71.2 Å². The molecule has 1 aliphatic carbocycles. The molecule has 3 aromatic carbocycles. The van der Waals surface area contributed by atoms with E-state index < -0.39 is 24.0 Å². The Morgan fingerprint density at radius 1 is 1.00 bits per heavy atom. The number of benzene rings is 3. The predicted octanol–water partition coefficient (Wildman–Crippen LogP) is 5.01. The molecule has 2 amide bonds. The van der Waals surface area contributed by atoms with Crippen molar-refractivity contribution in [3.05, 3.63) is 87.9 Å². The van der Waals surface area contributed by atoms with Crippen molar-refractivity contribution >= 4 is 39.6 Å². The molecule has 3 N–H and O–H groups in total. The number of hydrogen-bond acceptors (Lipinski definition) is 4. The number of carboxylic acids is 1. The van der Waals surface area contributed by atoms with E-state index in [1.165, 1.54) is 13.0 Å². The molecule has 1 atom stereocenters. The molecule has 0 radical (unpaired) electrons. The van der Waals surface area contributed by atoms with E-state index >= 15 is 0 Å². The summed E-state index contributed by atoms with van der Waals surface area (Å²) >= 11 is 3.28. The van der Waals surface area contributed by atoms with Crippen molar-refractivity contribution in [2.75, 3.05) is 11.9 Å². The quantitative estimate of drug-likeness (QED) is 0.433. The fraction of sp³-hybridized carbons (Fsp3) is 0.160. The minimum absolute atomic E-state index is 0.0630. The smallest absolute Gasteiger partial charge is 0.411 e. The lowest BCUT2D eigenvalue weighted by atomic mass is 9.98. The largest absolute Gasteiger partial charge is 0.480 e. The Labute approximate surface area is 198 Å². The van der Waals surface area contributed by atoms with Crippen LogP contribution in [0.1, 0.15) is 34.3 Å². The van der Waals surface area contributed by atoms with Crippen LogP contribution in [0.5, 0.6) is 0 Å². The van der Waals surface area contributed by atoms with Crippen molar-refractivity contribution in [3.8, 4) is 11.1 Å². The summed E-state index contributed by atoms with van der Waals surface area (Å²) in [5, 5.41) is 14.0. The summed E-state index contributed by atoms with van der Waals surface area (Å²) in [4.78, 5) is 35.9. The predicted molar refractivity (Wildman–Crippen MR) is 127 cm³/mol. The van der Waals surface area contributed by atoms with Gasteiger partial charge in [-0.2, -0.15) is 0 Å². The van der Waals surface area contributed by atoms with Gasteiger partial charge in [0.05, 0.1) is 5.56 Å². The molecule has 168 valence electrons. The number of nitrogens with one attached hydrogen (secondary N) is 2. The number of carboxylic acid groups (broad SMARTS) is 1. The first-order valence-corrected chi connectivity index (χ1v) is 11.1. The van der Waals surface area contributed by atoms with Crippen molar-refractivity contribution in [2.24, 2.45) is 0 Å². The highest BCUT2D eigenvalue weighted by atomic mass is 79.9.